The summed E-state index contributed by atoms with van der Waals surface area (Å²) in [5.74, 6) is 0.390. The van der Waals surface area contributed by atoms with E-state index in [2.05, 4.69) is 30.4 Å². The molecule has 1 amide bonds. The van der Waals surface area contributed by atoms with Crippen molar-refractivity contribution in [3.8, 4) is 0 Å². The number of rotatable bonds is 6. The molecule has 2 aliphatic rings. The van der Waals surface area contributed by atoms with Crippen LogP contribution in [0.5, 0.6) is 0 Å². The van der Waals surface area contributed by atoms with Gasteiger partial charge in [0.2, 0.25) is 0 Å². The second-order valence-corrected chi connectivity index (χ2v) is 7.33. The summed E-state index contributed by atoms with van der Waals surface area (Å²) in [6.07, 6.45) is 9.03. The molecule has 4 heteroatoms. The highest BCUT2D eigenvalue weighted by Gasteiger charge is 2.22. The Hall–Kier alpha value is -1.55. The van der Waals surface area contributed by atoms with Crippen LogP contribution in [0.2, 0.25) is 0 Å². The lowest BCUT2D eigenvalue weighted by Crippen LogP contribution is -2.31. The molecule has 25 heavy (non-hydrogen) atoms. The van der Waals surface area contributed by atoms with E-state index in [-0.39, 0.29) is 6.09 Å². The maximum atomic E-state index is 11.5. The quantitative estimate of drug-likeness (QED) is 0.780. The molecule has 3 rings (SSSR count). The van der Waals surface area contributed by atoms with Crippen LogP contribution >= 0.6 is 0 Å². The number of fused-ring (bicyclic) bond motifs is 1. The number of hydrogen-bond donors (Lipinski definition) is 1. The summed E-state index contributed by atoms with van der Waals surface area (Å²) < 4.78 is 11.1. The molecule has 1 aromatic rings. The molecule has 4 nitrogen and oxygen atoms in total. The molecule has 1 aromatic carbocycles. The molecule has 2 atom stereocenters. The van der Waals surface area contributed by atoms with Crippen LogP contribution in [-0.2, 0) is 22.3 Å². The minimum absolute atomic E-state index is 0.286. The number of unbranched alkanes of at least 4 members (excludes halogenated alkanes) is 2. The summed E-state index contributed by atoms with van der Waals surface area (Å²) in [6, 6.07) is 6.89. The lowest BCUT2D eigenvalue weighted by molar-refractivity contribution is 0.0419. The number of carbonyl (C=O) groups is 1. The molecule has 1 heterocycles. The lowest BCUT2D eigenvalue weighted by atomic mass is 9.85. The zero-order valence-corrected chi connectivity index (χ0v) is 15.4. The Morgan fingerprint density at radius 3 is 3.04 bits per heavy atom. The average molecular weight is 345 g/mol. The maximum Gasteiger partial charge on any atom is 0.407 e. The normalized spacial score (nSPS) is 23.8. The summed E-state index contributed by atoms with van der Waals surface area (Å²) in [6.45, 7) is 4.31. The molecule has 138 valence electrons. The van der Waals surface area contributed by atoms with E-state index in [0.717, 1.165) is 38.7 Å². The first-order valence-corrected chi connectivity index (χ1v) is 9.90. The van der Waals surface area contributed by atoms with E-state index in [1.807, 2.05) is 0 Å². The number of nitrogens with one attached hydrogen (secondary N) is 1. The molecule has 0 bridgehead atoms. The second-order valence-electron chi connectivity index (χ2n) is 7.33. The number of hydrogen-bond acceptors (Lipinski definition) is 3. The second kappa shape index (κ2) is 9.23. The summed E-state index contributed by atoms with van der Waals surface area (Å²) in [5, 5.41) is 2.87. The third-order valence-corrected chi connectivity index (χ3v) is 5.41. The van der Waals surface area contributed by atoms with Gasteiger partial charge in [0.25, 0.3) is 0 Å². The van der Waals surface area contributed by atoms with Gasteiger partial charge in [-0.15, -0.1) is 0 Å². The standard InChI is InChI=1S/C21H31NO3/c1-2-3-4-11-24-20-10-9-16-13-17(7-8-18(16)14-20)19-6-5-12-25-21(23)22-15-19/h7-8,13,19-20H,2-6,9-12,14-15H2,1H3,(H,22,23)/t19-,20?/m0/s1. The SMILES string of the molecule is CCCCCOC1CCc2cc([C@H]3CCCOC(=O)NC3)ccc2C1. The van der Waals surface area contributed by atoms with Gasteiger partial charge in [0, 0.05) is 19.1 Å². The van der Waals surface area contributed by atoms with Gasteiger partial charge in [-0.3, -0.25) is 0 Å². The zero-order valence-electron chi connectivity index (χ0n) is 15.4. The van der Waals surface area contributed by atoms with E-state index < -0.39 is 0 Å². The molecule has 1 unspecified atom stereocenters. The molecule has 1 aliphatic carbocycles. The monoisotopic (exact) mass is 345 g/mol. The van der Waals surface area contributed by atoms with Crippen molar-refractivity contribution < 1.29 is 14.3 Å². The predicted molar refractivity (Wildman–Crippen MR) is 99.1 cm³/mol. The highest BCUT2D eigenvalue weighted by atomic mass is 16.5. The van der Waals surface area contributed by atoms with E-state index in [4.69, 9.17) is 9.47 Å². The van der Waals surface area contributed by atoms with Crippen LogP contribution in [0, 0.1) is 0 Å². The maximum absolute atomic E-state index is 11.5. The van der Waals surface area contributed by atoms with Crippen molar-refractivity contribution in [1.29, 1.82) is 0 Å². The Kier molecular flexibility index (Phi) is 6.74. The van der Waals surface area contributed by atoms with Crippen molar-refractivity contribution in [2.45, 2.75) is 70.3 Å². The van der Waals surface area contributed by atoms with E-state index in [0.29, 0.717) is 25.2 Å². The number of cyclic esters (lactones) is 1. The minimum Gasteiger partial charge on any atom is -0.450 e. The first-order chi connectivity index (χ1) is 12.3. The Balaban J connectivity index is 1.58. The van der Waals surface area contributed by atoms with Crippen molar-refractivity contribution in [3.05, 3.63) is 34.9 Å². The van der Waals surface area contributed by atoms with Crippen molar-refractivity contribution in [2.24, 2.45) is 0 Å². The van der Waals surface area contributed by atoms with Crippen molar-refractivity contribution >= 4 is 6.09 Å². The molecule has 1 aliphatic heterocycles. The molecule has 1 N–H and O–H groups in total. The fourth-order valence-electron chi connectivity index (χ4n) is 3.88. The van der Waals surface area contributed by atoms with Crippen molar-refractivity contribution in [1.82, 2.24) is 5.32 Å². The van der Waals surface area contributed by atoms with Crippen LogP contribution in [0.1, 0.15) is 68.1 Å². The molecule has 0 aromatic heterocycles. The fourth-order valence-corrected chi connectivity index (χ4v) is 3.88. The van der Waals surface area contributed by atoms with Crippen molar-refractivity contribution in [2.75, 3.05) is 19.8 Å². The third kappa shape index (κ3) is 5.21. The third-order valence-electron chi connectivity index (χ3n) is 5.41. The van der Waals surface area contributed by atoms with E-state index >= 15 is 0 Å². The zero-order chi connectivity index (χ0) is 17.5. The Morgan fingerprint density at radius 1 is 1.24 bits per heavy atom. The lowest BCUT2D eigenvalue weighted by Gasteiger charge is -2.27. The van der Waals surface area contributed by atoms with E-state index in [9.17, 15) is 4.79 Å². The Labute approximate surface area is 151 Å². The summed E-state index contributed by atoms with van der Waals surface area (Å²) in [5.41, 5.74) is 4.26. The van der Waals surface area contributed by atoms with Gasteiger partial charge in [-0.25, -0.2) is 4.79 Å². The summed E-state index contributed by atoms with van der Waals surface area (Å²) in [4.78, 5) is 11.5. The predicted octanol–water partition coefficient (Wildman–Crippen LogP) is 4.35. The molecular formula is C21H31NO3. The largest absolute Gasteiger partial charge is 0.450 e. The van der Waals surface area contributed by atoms with Gasteiger partial charge in [-0.2, -0.15) is 0 Å². The topological polar surface area (TPSA) is 47.6 Å². The van der Waals surface area contributed by atoms with Crippen LogP contribution in [0.4, 0.5) is 4.79 Å². The van der Waals surface area contributed by atoms with E-state index in [1.165, 1.54) is 36.0 Å². The highest BCUT2D eigenvalue weighted by molar-refractivity contribution is 5.67. The number of alkyl carbamates (subject to hydrolysis) is 1. The minimum atomic E-state index is -0.286. The van der Waals surface area contributed by atoms with Gasteiger partial charge in [-0.05, 0) is 55.2 Å². The Morgan fingerprint density at radius 2 is 2.16 bits per heavy atom. The first-order valence-electron chi connectivity index (χ1n) is 9.90. The first kappa shape index (κ1) is 18.2. The van der Waals surface area contributed by atoms with Crippen LogP contribution in [-0.4, -0.2) is 32.0 Å². The van der Waals surface area contributed by atoms with Crippen LogP contribution in [0.25, 0.3) is 0 Å². The van der Waals surface area contributed by atoms with Crippen LogP contribution < -0.4 is 5.32 Å². The van der Waals surface area contributed by atoms with Gasteiger partial charge in [0.05, 0.1) is 12.7 Å². The average Bonchev–Trinajstić information content (AvgIpc) is 2.62. The number of ether oxygens (including phenoxy) is 2. The number of aryl methyl sites for hydroxylation is 1. The van der Waals surface area contributed by atoms with Gasteiger partial charge in [-0.1, -0.05) is 38.0 Å². The van der Waals surface area contributed by atoms with E-state index in [1.54, 1.807) is 0 Å². The smallest absolute Gasteiger partial charge is 0.407 e. The summed E-state index contributed by atoms with van der Waals surface area (Å²) >= 11 is 0. The van der Waals surface area contributed by atoms with Crippen LogP contribution in [0.3, 0.4) is 0 Å². The summed E-state index contributed by atoms with van der Waals surface area (Å²) in [7, 11) is 0. The molecule has 0 saturated carbocycles. The molecule has 0 radical (unpaired) electrons. The molecule has 1 saturated heterocycles. The molecule has 1 fully saturated rings. The van der Waals surface area contributed by atoms with Gasteiger partial charge >= 0.3 is 6.09 Å². The fraction of sp³-hybridized carbons (Fsp3) is 0.667. The van der Waals surface area contributed by atoms with Gasteiger partial charge in [0.15, 0.2) is 0 Å². The van der Waals surface area contributed by atoms with Crippen molar-refractivity contribution in [3.63, 3.8) is 0 Å². The van der Waals surface area contributed by atoms with Crippen LogP contribution in [0.15, 0.2) is 18.2 Å². The number of benzene rings is 1. The number of carbonyl (C=O) groups excluding carboxylic acids is 1. The molecular weight excluding hydrogens is 314 g/mol. The Bertz CT molecular complexity index is 572. The van der Waals surface area contributed by atoms with Gasteiger partial charge < -0.3 is 14.8 Å². The molecule has 0 spiro atoms. The highest BCUT2D eigenvalue weighted by Crippen LogP contribution is 2.29. The number of amides is 1. The van der Waals surface area contributed by atoms with Gasteiger partial charge in [0.1, 0.15) is 0 Å².